The van der Waals surface area contributed by atoms with Crippen molar-refractivity contribution < 1.29 is 9.36 Å². The van der Waals surface area contributed by atoms with Gasteiger partial charge < -0.3 is 4.90 Å². The molecule has 0 aromatic heterocycles. The van der Waals surface area contributed by atoms with E-state index in [0.717, 1.165) is 5.69 Å². The second-order valence-electron chi connectivity index (χ2n) is 2.81. The molecule has 0 aliphatic rings. The van der Waals surface area contributed by atoms with Gasteiger partial charge in [0.2, 0.25) is 5.91 Å². The molecule has 0 saturated carbocycles. The molecule has 1 aromatic rings. The van der Waals surface area contributed by atoms with Crippen LogP contribution in [0.2, 0.25) is 0 Å². The van der Waals surface area contributed by atoms with E-state index in [1.54, 1.807) is 18.9 Å². The molecule has 0 radical (unpaired) electrons. The van der Waals surface area contributed by atoms with Crippen LogP contribution in [0.5, 0.6) is 0 Å². The summed E-state index contributed by atoms with van der Waals surface area (Å²) in [7, 11) is 1.76. The van der Waals surface area contributed by atoms with Gasteiger partial charge in [-0.25, -0.2) is 0 Å². The lowest BCUT2D eigenvalue weighted by atomic mass is 10.3. The zero-order valence-corrected chi connectivity index (χ0v) is 11.9. The Morgan fingerprint density at radius 2 is 1.56 bits per heavy atom. The van der Waals surface area contributed by atoms with E-state index in [-0.39, 0.29) is 5.91 Å². The molecule has 7 heteroatoms. The molecule has 0 atom stereocenters. The summed E-state index contributed by atoms with van der Waals surface area (Å²) in [6, 6.07) is 9.56. The van der Waals surface area contributed by atoms with E-state index in [9.17, 15) is 9.36 Å². The summed E-state index contributed by atoms with van der Waals surface area (Å²) in [5.74, 6) is 0.0520. The average Bonchev–Trinajstić information content (AvgIpc) is 2.15. The first kappa shape index (κ1) is 15.8. The van der Waals surface area contributed by atoms with Crippen LogP contribution >= 0.6 is 38.9 Å². The van der Waals surface area contributed by atoms with Gasteiger partial charge in [-0.2, -0.15) is 0 Å². The van der Waals surface area contributed by atoms with Gasteiger partial charge in [-0.3, -0.25) is 9.36 Å². The monoisotopic (exact) mass is 301 g/mol. The number of para-hydroxylation sites is 1. The van der Waals surface area contributed by atoms with E-state index in [0.29, 0.717) is 0 Å². The van der Waals surface area contributed by atoms with Crippen molar-refractivity contribution in [3.05, 3.63) is 30.3 Å². The zero-order chi connectivity index (χ0) is 12.8. The summed E-state index contributed by atoms with van der Waals surface area (Å²) in [5.41, 5.74) is 0.931. The predicted molar refractivity (Wildman–Crippen MR) is 70.7 cm³/mol. The molecule has 0 aliphatic heterocycles. The molecule has 0 spiro atoms. The second kappa shape index (κ2) is 7.18. The van der Waals surface area contributed by atoms with Crippen LogP contribution in [0.1, 0.15) is 6.92 Å². The Balaban J connectivity index is 0.000000385. The minimum Gasteiger partial charge on any atom is -0.316 e. The number of nitrogens with zero attached hydrogens (tertiary/aromatic N) is 1. The minimum absolute atomic E-state index is 0.0520. The first-order chi connectivity index (χ1) is 7.22. The van der Waals surface area contributed by atoms with Crippen molar-refractivity contribution in [3.8, 4) is 0 Å². The predicted octanol–water partition coefficient (Wildman–Crippen LogP) is 4.48. The maximum absolute atomic E-state index is 10.9. The molecular formula is C9H11Cl3NO2P. The number of benzene rings is 1. The fraction of sp³-hybridized carbons (Fsp3) is 0.222. The highest BCUT2D eigenvalue weighted by Gasteiger charge is 2.03. The number of carbonyl (C=O) groups excluding carboxylic acids is 1. The van der Waals surface area contributed by atoms with Gasteiger partial charge in [-0.05, 0) is 45.9 Å². The Hall–Kier alpha value is -0.210. The van der Waals surface area contributed by atoms with Crippen LogP contribution in [0.4, 0.5) is 5.69 Å². The van der Waals surface area contributed by atoms with Crippen molar-refractivity contribution in [1.29, 1.82) is 0 Å². The molecule has 1 rings (SSSR count). The van der Waals surface area contributed by atoms with E-state index in [4.69, 9.17) is 0 Å². The molecule has 0 saturated heterocycles. The van der Waals surface area contributed by atoms with Gasteiger partial charge in [0.05, 0.1) is 0 Å². The molecule has 1 amide bonds. The quantitative estimate of drug-likeness (QED) is 0.717. The summed E-state index contributed by atoms with van der Waals surface area (Å²) in [4.78, 5) is 12.5. The summed E-state index contributed by atoms with van der Waals surface area (Å²) in [6.07, 6.45) is 0. The number of hydrogen-bond donors (Lipinski definition) is 0. The van der Waals surface area contributed by atoms with Crippen molar-refractivity contribution >= 4 is 50.5 Å². The first-order valence-electron chi connectivity index (χ1n) is 4.20. The largest absolute Gasteiger partial charge is 0.339 e. The molecule has 1 aromatic carbocycles. The normalized spacial score (nSPS) is 10.1. The maximum atomic E-state index is 10.9. The molecule has 0 N–H and O–H groups in total. The summed E-state index contributed by atoms with van der Waals surface area (Å²) in [5, 5.41) is -3.22. The van der Waals surface area contributed by atoms with E-state index in [1.165, 1.54) is 0 Å². The number of amides is 1. The Labute approximate surface area is 109 Å². The fourth-order valence-corrected chi connectivity index (χ4v) is 0.833. The van der Waals surface area contributed by atoms with Gasteiger partial charge >= 0.3 is 5.20 Å². The maximum Gasteiger partial charge on any atom is 0.339 e. The zero-order valence-electron chi connectivity index (χ0n) is 8.73. The standard InChI is InChI=1S/C9H11NO.Cl3OP/c1-8(11)10(2)9-6-4-3-5-7-9;1-5(2,3)4/h3-7H,1-2H3;. The number of hydrogen-bond acceptors (Lipinski definition) is 2. The molecule has 0 bridgehead atoms. The first-order valence-corrected chi connectivity index (χ1v) is 8.62. The van der Waals surface area contributed by atoms with Crippen LogP contribution in [0.15, 0.2) is 30.3 Å². The van der Waals surface area contributed by atoms with Crippen molar-refractivity contribution in [1.82, 2.24) is 0 Å². The van der Waals surface area contributed by atoms with Crippen molar-refractivity contribution in [3.63, 3.8) is 0 Å². The van der Waals surface area contributed by atoms with Crippen molar-refractivity contribution in [2.45, 2.75) is 6.92 Å². The van der Waals surface area contributed by atoms with Gasteiger partial charge in [-0.1, -0.05) is 18.2 Å². The van der Waals surface area contributed by atoms with Crippen LogP contribution in [-0.2, 0) is 9.36 Å². The molecular weight excluding hydrogens is 291 g/mol. The van der Waals surface area contributed by atoms with Gasteiger partial charge in [0.25, 0.3) is 0 Å². The fourth-order valence-electron chi connectivity index (χ4n) is 0.833. The molecule has 0 aliphatic carbocycles. The lowest BCUT2D eigenvalue weighted by Gasteiger charge is -2.13. The van der Waals surface area contributed by atoms with Crippen LogP contribution < -0.4 is 4.90 Å². The third-order valence-electron chi connectivity index (χ3n) is 1.62. The van der Waals surface area contributed by atoms with Crippen LogP contribution in [0.3, 0.4) is 0 Å². The molecule has 0 heterocycles. The summed E-state index contributed by atoms with van der Waals surface area (Å²) >= 11 is 13.8. The van der Waals surface area contributed by atoms with Gasteiger partial charge in [-0.15, -0.1) is 0 Å². The van der Waals surface area contributed by atoms with Crippen molar-refractivity contribution in [2.75, 3.05) is 11.9 Å². The lowest BCUT2D eigenvalue weighted by molar-refractivity contribution is -0.116. The number of rotatable bonds is 1. The Bertz CT molecular complexity index is 371. The third-order valence-corrected chi connectivity index (χ3v) is 1.62. The third kappa shape index (κ3) is 9.05. The van der Waals surface area contributed by atoms with Crippen LogP contribution in [0, 0.1) is 0 Å². The van der Waals surface area contributed by atoms with E-state index >= 15 is 0 Å². The van der Waals surface area contributed by atoms with E-state index in [2.05, 4.69) is 33.7 Å². The smallest absolute Gasteiger partial charge is 0.316 e. The second-order valence-corrected chi connectivity index (χ2v) is 9.45. The Morgan fingerprint density at radius 3 is 1.88 bits per heavy atom. The van der Waals surface area contributed by atoms with Crippen LogP contribution in [-0.4, -0.2) is 13.0 Å². The highest BCUT2D eigenvalue weighted by molar-refractivity contribution is 8.24. The van der Waals surface area contributed by atoms with Crippen molar-refractivity contribution in [2.24, 2.45) is 0 Å². The van der Waals surface area contributed by atoms with Gasteiger partial charge in [0, 0.05) is 19.7 Å². The molecule has 90 valence electrons. The SMILES string of the molecule is CC(=O)N(C)c1ccccc1.O=P(Cl)(Cl)Cl. The number of halogens is 3. The highest BCUT2D eigenvalue weighted by Crippen LogP contribution is 2.61. The van der Waals surface area contributed by atoms with E-state index < -0.39 is 5.20 Å². The topological polar surface area (TPSA) is 37.4 Å². The minimum atomic E-state index is -3.22. The van der Waals surface area contributed by atoms with Gasteiger partial charge in [0.1, 0.15) is 0 Å². The van der Waals surface area contributed by atoms with Gasteiger partial charge in [0.15, 0.2) is 0 Å². The van der Waals surface area contributed by atoms with Crippen LogP contribution in [0.25, 0.3) is 0 Å². The summed E-state index contributed by atoms with van der Waals surface area (Å²) in [6.45, 7) is 1.55. The Kier molecular flexibility index (Phi) is 7.09. The molecule has 0 fully saturated rings. The number of carbonyl (C=O) groups is 1. The highest BCUT2D eigenvalue weighted by atomic mass is 36.0. The lowest BCUT2D eigenvalue weighted by Crippen LogP contribution is -2.22. The summed E-state index contributed by atoms with van der Waals surface area (Å²) < 4.78 is 9.51. The molecule has 3 nitrogen and oxygen atoms in total. The molecule has 16 heavy (non-hydrogen) atoms. The molecule has 0 unspecified atom stereocenters. The van der Waals surface area contributed by atoms with E-state index in [1.807, 2.05) is 30.3 Å². The average molecular weight is 303 g/mol. The Morgan fingerprint density at radius 1 is 1.19 bits per heavy atom. The number of anilines is 1.